The highest BCUT2D eigenvalue weighted by Crippen LogP contribution is 2.58. The minimum Gasteiger partial charge on any atom is -0.336 e. The summed E-state index contributed by atoms with van der Waals surface area (Å²) in [6.07, 6.45) is 13.4. The van der Waals surface area contributed by atoms with Gasteiger partial charge in [-0.2, -0.15) is 0 Å². The zero-order valence-electron chi connectivity index (χ0n) is 11.0. The van der Waals surface area contributed by atoms with Crippen LogP contribution in [0.2, 0.25) is 0 Å². The van der Waals surface area contributed by atoms with Gasteiger partial charge in [-0.3, -0.25) is 0 Å². The Morgan fingerprint density at radius 1 is 1.17 bits per heavy atom. The number of hydrogen-bond acceptors (Lipinski definition) is 2. The van der Waals surface area contributed by atoms with E-state index in [1.54, 1.807) is 0 Å². The lowest BCUT2D eigenvalue weighted by molar-refractivity contribution is 0.208. The minimum atomic E-state index is 0.817. The van der Waals surface area contributed by atoms with E-state index in [0.717, 1.165) is 42.8 Å². The predicted octanol–water partition coefficient (Wildman–Crippen LogP) is 2.30. The Bertz CT molecular complexity index is 400. The summed E-state index contributed by atoms with van der Waals surface area (Å²) in [6.45, 7) is 2.16. The van der Waals surface area contributed by atoms with E-state index in [1.165, 1.54) is 32.1 Å². The summed E-state index contributed by atoms with van der Waals surface area (Å²) in [5.41, 5.74) is 0. The maximum atomic E-state index is 4.09. The van der Waals surface area contributed by atoms with Crippen LogP contribution in [0.3, 0.4) is 0 Å². The maximum absolute atomic E-state index is 4.09. The zero-order valence-corrected chi connectivity index (χ0v) is 11.0. The van der Waals surface area contributed by atoms with Crippen molar-refractivity contribution in [1.82, 2.24) is 14.9 Å². The van der Waals surface area contributed by atoms with Crippen LogP contribution in [0.4, 0.5) is 0 Å². The van der Waals surface area contributed by atoms with Crippen LogP contribution in [-0.2, 0) is 6.54 Å². The highest BCUT2D eigenvalue weighted by atomic mass is 15.1. The van der Waals surface area contributed by atoms with Crippen molar-refractivity contribution in [3.63, 3.8) is 0 Å². The summed E-state index contributed by atoms with van der Waals surface area (Å²) < 4.78 is 2.17. The van der Waals surface area contributed by atoms with Crippen molar-refractivity contribution in [1.29, 1.82) is 0 Å². The highest BCUT2D eigenvalue weighted by molar-refractivity contribution is 5.05. The van der Waals surface area contributed by atoms with Gasteiger partial charge in [-0.15, -0.1) is 0 Å². The van der Waals surface area contributed by atoms with Crippen molar-refractivity contribution in [2.24, 2.45) is 23.7 Å². The first kappa shape index (κ1) is 11.0. The van der Waals surface area contributed by atoms with E-state index < -0.39 is 0 Å². The van der Waals surface area contributed by atoms with Gasteiger partial charge in [0.15, 0.2) is 0 Å². The molecule has 0 amide bonds. The number of rotatable bonds is 4. The fourth-order valence-electron chi connectivity index (χ4n) is 5.10. The largest absolute Gasteiger partial charge is 0.336 e. The van der Waals surface area contributed by atoms with E-state index in [0.29, 0.717) is 0 Å². The van der Waals surface area contributed by atoms with Crippen LogP contribution in [0, 0.1) is 23.7 Å². The average Bonchev–Trinajstić information content (AvgIpc) is 3.12. The average molecular weight is 245 g/mol. The number of fused-ring (bicyclic) bond motifs is 5. The van der Waals surface area contributed by atoms with E-state index in [9.17, 15) is 0 Å². The van der Waals surface area contributed by atoms with Gasteiger partial charge < -0.3 is 9.88 Å². The summed E-state index contributed by atoms with van der Waals surface area (Å²) in [6, 6.07) is 0.817. The summed E-state index contributed by atoms with van der Waals surface area (Å²) in [5, 5.41) is 3.82. The third-order valence-electron chi connectivity index (χ3n) is 5.76. The number of nitrogens with zero attached hydrogens (tertiary/aromatic N) is 2. The van der Waals surface area contributed by atoms with E-state index in [2.05, 4.69) is 21.1 Å². The molecule has 3 fully saturated rings. The first-order valence-corrected chi connectivity index (χ1v) is 7.61. The standard InChI is InChI=1S/C15H23N3/c1-2-12-11-8-14(13(12)3-1)15(9-11)17-5-7-18-6-4-16-10-18/h4,6,10-15,17H,1-3,5,7-9H2. The van der Waals surface area contributed by atoms with Gasteiger partial charge in [-0.1, -0.05) is 6.42 Å². The van der Waals surface area contributed by atoms with E-state index in [1.807, 2.05) is 12.5 Å². The van der Waals surface area contributed by atoms with Crippen molar-refractivity contribution in [3.05, 3.63) is 18.7 Å². The van der Waals surface area contributed by atoms with Gasteiger partial charge in [-0.05, 0) is 49.4 Å². The number of nitrogens with one attached hydrogen (secondary N) is 1. The van der Waals surface area contributed by atoms with Crippen LogP contribution in [0.5, 0.6) is 0 Å². The van der Waals surface area contributed by atoms with Crippen molar-refractivity contribution in [2.75, 3.05) is 6.54 Å². The fraction of sp³-hybridized carbons (Fsp3) is 0.800. The molecule has 1 heterocycles. The highest BCUT2D eigenvalue weighted by Gasteiger charge is 2.53. The van der Waals surface area contributed by atoms with Gasteiger partial charge in [0.25, 0.3) is 0 Å². The molecule has 3 nitrogen and oxygen atoms in total. The molecule has 0 aromatic carbocycles. The van der Waals surface area contributed by atoms with Gasteiger partial charge in [0.05, 0.1) is 6.33 Å². The van der Waals surface area contributed by atoms with E-state index >= 15 is 0 Å². The summed E-state index contributed by atoms with van der Waals surface area (Å²) in [5.74, 6) is 4.26. The first-order chi connectivity index (χ1) is 8.92. The lowest BCUT2D eigenvalue weighted by Crippen LogP contribution is -2.40. The molecule has 5 unspecified atom stereocenters. The number of aromatic nitrogens is 2. The Morgan fingerprint density at radius 3 is 3.00 bits per heavy atom. The lowest BCUT2D eigenvalue weighted by Gasteiger charge is -2.32. The first-order valence-electron chi connectivity index (χ1n) is 7.61. The van der Waals surface area contributed by atoms with Crippen LogP contribution < -0.4 is 5.32 Å². The molecular formula is C15H23N3. The molecule has 4 rings (SSSR count). The zero-order chi connectivity index (χ0) is 11.9. The minimum absolute atomic E-state index is 0.817. The van der Waals surface area contributed by atoms with Gasteiger partial charge in [-0.25, -0.2) is 4.98 Å². The third kappa shape index (κ3) is 1.71. The Kier molecular flexibility index (Phi) is 2.68. The molecule has 98 valence electrons. The molecule has 0 spiro atoms. The molecule has 5 atom stereocenters. The predicted molar refractivity (Wildman–Crippen MR) is 71.1 cm³/mol. The lowest BCUT2D eigenvalue weighted by atomic mass is 9.79. The van der Waals surface area contributed by atoms with Crippen LogP contribution in [-0.4, -0.2) is 22.1 Å². The molecule has 3 aliphatic carbocycles. The van der Waals surface area contributed by atoms with Crippen molar-refractivity contribution < 1.29 is 0 Å². The molecule has 3 saturated carbocycles. The number of hydrogen-bond donors (Lipinski definition) is 1. The molecular weight excluding hydrogens is 222 g/mol. The van der Waals surface area contributed by atoms with E-state index in [-0.39, 0.29) is 0 Å². The van der Waals surface area contributed by atoms with Crippen molar-refractivity contribution >= 4 is 0 Å². The fourth-order valence-corrected chi connectivity index (χ4v) is 5.10. The summed E-state index contributed by atoms with van der Waals surface area (Å²) in [7, 11) is 0. The van der Waals surface area contributed by atoms with Crippen LogP contribution in [0.25, 0.3) is 0 Å². The molecule has 1 aromatic rings. The van der Waals surface area contributed by atoms with Crippen molar-refractivity contribution in [3.8, 4) is 0 Å². The Morgan fingerprint density at radius 2 is 2.11 bits per heavy atom. The second kappa shape index (κ2) is 4.37. The summed E-state index contributed by atoms with van der Waals surface area (Å²) >= 11 is 0. The SMILES string of the molecule is c1cn(CCNC2CC3CC2C2CCCC32)cn1. The molecule has 0 aliphatic heterocycles. The van der Waals surface area contributed by atoms with Crippen LogP contribution in [0.15, 0.2) is 18.7 Å². The second-order valence-electron chi connectivity index (χ2n) is 6.52. The molecule has 1 N–H and O–H groups in total. The molecule has 0 saturated heterocycles. The topological polar surface area (TPSA) is 29.9 Å². The van der Waals surface area contributed by atoms with Gasteiger partial charge >= 0.3 is 0 Å². The van der Waals surface area contributed by atoms with E-state index in [4.69, 9.17) is 0 Å². The Labute approximate surface area is 109 Å². The Balaban J connectivity index is 1.32. The molecule has 0 radical (unpaired) electrons. The van der Waals surface area contributed by atoms with Crippen molar-refractivity contribution in [2.45, 2.75) is 44.7 Å². The quantitative estimate of drug-likeness (QED) is 0.882. The Hall–Kier alpha value is -0.830. The smallest absolute Gasteiger partial charge is 0.0946 e. The molecule has 18 heavy (non-hydrogen) atoms. The van der Waals surface area contributed by atoms with Crippen LogP contribution in [0.1, 0.15) is 32.1 Å². The third-order valence-corrected chi connectivity index (χ3v) is 5.76. The maximum Gasteiger partial charge on any atom is 0.0946 e. The van der Waals surface area contributed by atoms with Gasteiger partial charge in [0.2, 0.25) is 0 Å². The second-order valence-corrected chi connectivity index (χ2v) is 6.52. The molecule has 3 aliphatic rings. The normalized spacial score (nSPS) is 41.4. The monoisotopic (exact) mass is 245 g/mol. The van der Waals surface area contributed by atoms with Gasteiger partial charge in [0, 0.05) is 31.5 Å². The number of imidazole rings is 1. The summed E-state index contributed by atoms with van der Waals surface area (Å²) in [4.78, 5) is 4.09. The molecule has 3 heteroatoms. The molecule has 1 aromatic heterocycles. The molecule has 2 bridgehead atoms. The van der Waals surface area contributed by atoms with Gasteiger partial charge in [0.1, 0.15) is 0 Å². The van der Waals surface area contributed by atoms with Crippen LogP contribution >= 0.6 is 0 Å².